The molecule has 3 rings (SSSR count). The van der Waals surface area contributed by atoms with Crippen LogP contribution in [0.1, 0.15) is 51.4 Å². The van der Waals surface area contributed by atoms with Gasteiger partial charge in [-0.05, 0) is 31.6 Å². The molecule has 0 spiro atoms. The molecule has 0 aromatic carbocycles. The number of rotatable bonds is 4. The summed E-state index contributed by atoms with van der Waals surface area (Å²) >= 11 is 0. The highest BCUT2D eigenvalue weighted by Gasteiger charge is 2.57. The molecule has 2 atom stereocenters. The molecule has 1 aliphatic heterocycles. The first kappa shape index (κ1) is 16.7. The second kappa shape index (κ2) is 5.75. The lowest BCUT2D eigenvalue weighted by atomic mass is 9.77. The van der Waals surface area contributed by atoms with Crippen LogP contribution in [-0.4, -0.2) is 42.6 Å². The topological polar surface area (TPSA) is 98.5 Å². The largest absolute Gasteiger partial charge is 0.481 e. The Labute approximate surface area is 137 Å². The molecule has 23 heavy (non-hydrogen) atoms. The third kappa shape index (κ3) is 2.76. The molecule has 1 saturated heterocycles. The van der Waals surface area contributed by atoms with Crippen molar-refractivity contribution in [1.29, 1.82) is 5.26 Å². The summed E-state index contributed by atoms with van der Waals surface area (Å²) in [6, 6.07) is 2.26. The van der Waals surface area contributed by atoms with Gasteiger partial charge in [-0.1, -0.05) is 25.7 Å². The first-order valence-electron chi connectivity index (χ1n) is 8.46. The fraction of sp³-hybridized carbons (Fsp3) is 0.875. The van der Waals surface area contributed by atoms with Gasteiger partial charge in [0.15, 0.2) is 0 Å². The molecule has 0 aromatic heterocycles. The monoisotopic (exact) mass is 340 g/mol. The van der Waals surface area contributed by atoms with E-state index in [1.54, 1.807) is 0 Å². The highest BCUT2D eigenvalue weighted by Crippen LogP contribution is 2.50. The minimum Gasteiger partial charge on any atom is -0.481 e. The van der Waals surface area contributed by atoms with E-state index in [0.29, 0.717) is 25.8 Å². The minimum atomic E-state index is -3.60. The zero-order valence-corrected chi connectivity index (χ0v) is 14.1. The van der Waals surface area contributed by atoms with Gasteiger partial charge in [-0.25, -0.2) is 12.7 Å². The summed E-state index contributed by atoms with van der Waals surface area (Å²) < 4.78 is 27.0. The molecule has 7 heteroatoms. The van der Waals surface area contributed by atoms with E-state index < -0.39 is 26.8 Å². The predicted octanol–water partition coefficient (Wildman–Crippen LogP) is 1.98. The number of fused-ring (bicyclic) bond motifs is 1. The fourth-order valence-corrected chi connectivity index (χ4v) is 6.83. The van der Waals surface area contributed by atoms with Crippen molar-refractivity contribution >= 4 is 16.0 Å². The van der Waals surface area contributed by atoms with Crippen molar-refractivity contribution in [1.82, 2.24) is 4.31 Å². The lowest BCUT2D eigenvalue weighted by molar-refractivity contribution is -0.149. The molecule has 3 fully saturated rings. The maximum absolute atomic E-state index is 12.8. The molecule has 2 aliphatic carbocycles. The van der Waals surface area contributed by atoms with Crippen LogP contribution in [0.4, 0.5) is 0 Å². The number of aliphatic carboxylic acids is 1. The van der Waals surface area contributed by atoms with Crippen LogP contribution in [0.3, 0.4) is 0 Å². The van der Waals surface area contributed by atoms with E-state index in [1.807, 2.05) is 0 Å². The van der Waals surface area contributed by atoms with Crippen LogP contribution in [0.5, 0.6) is 0 Å². The van der Waals surface area contributed by atoms with Gasteiger partial charge < -0.3 is 5.11 Å². The van der Waals surface area contributed by atoms with Gasteiger partial charge in [0.1, 0.15) is 0 Å². The molecule has 1 N–H and O–H groups in total. The lowest BCUT2D eigenvalue weighted by Crippen LogP contribution is -2.41. The average Bonchev–Trinajstić information content (AvgIpc) is 3.06. The van der Waals surface area contributed by atoms with Crippen molar-refractivity contribution in [3.05, 3.63) is 0 Å². The fourth-order valence-electron chi connectivity index (χ4n) is 4.76. The summed E-state index contributed by atoms with van der Waals surface area (Å²) in [5, 5.41) is 19.1. The molecule has 0 radical (unpaired) electrons. The van der Waals surface area contributed by atoms with E-state index in [1.165, 1.54) is 4.31 Å². The summed E-state index contributed by atoms with van der Waals surface area (Å²) in [6.45, 7) is 0.382. The van der Waals surface area contributed by atoms with Gasteiger partial charge in [-0.2, -0.15) is 5.26 Å². The maximum atomic E-state index is 12.8. The molecular weight excluding hydrogens is 316 g/mol. The van der Waals surface area contributed by atoms with Crippen molar-refractivity contribution in [2.45, 2.75) is 51.4 Å². The van der Waals surface area contributed by atoms with E-state index >= 15 is 0 Å². The number of carbonyl (C=O) groups is 1. The number of hydrogen-bond acceptors (Lipinski definition) is 4. The van der Waals surface area contributed by atoms with E-state index in [4.69, 9.17) is 0 Å². The summed E-state index contributed by atoms with van der Waals surface area (Å²) in [6.07, 6.45) is 6.29. The molecular formula is C16H24N2O4S. The molecule has 6 nitrogen and oxygen atoms in total. The quantitative estimate of drug-likeness (QED) is 0.843. The first-order valence-corrected chi connectivity index (χ1v) is 10.1. The molecule has 1 heterocycles. The molecule has 3 aliphatic rings. The van der Waals surface area contributed by atoms with E-state index in [-0.39, 0.29) is 18.2 Å². The molecule has 128 valence electrons. The van der Waals surface area contributed by atoms with Crippen molar-refractivity contribution in [3.63, 3.8) is 0 Å². The summed E-state index contributed by atoms with van der Waals surface area (Å²) in [5.41, 5.74) is -1.69. The van der Waals surface area contributed by atoms with Crippen LogP contribution in [0.15, 0.2) is 0 Å². The molecule has 2 saturated carbocycles. The van der Waals surface area contributed by atoms with Crippen molar-refractivity contribution < 1.29 is 18.3 Å². The number of sulfonamides is 1. The lowest BCUT2D eigenvalue weighted by Gasteiger charge is -2.32. The SMILES string of the molecule is N#CC1(CS(=O)(=O)N2C[C@@H]3CCC[C@@]3(C(=O)O)C2)CCCCC1. The Hall–Kier alpha value is -1.13. The highest BCUT2D eigenvalue weighted by atomic mass is 32.2. The van der Waals surface area contributed by atoms with E-state index in [2.05, 4.69) is 6.07 Å². The van der Waals surface area contributed by atoms with Gasteiger partial charge in [0, 0.05) is 13.1 Å². The number of carboxylic acid groups (broad SMARTS) is 1. The second-order valence-corrected chi connectivity index (χ2v) is 9.52. The van der Waals surface area contributed by atoms with Gasteiger partial charge >= 0.3 is 5.97 Å². The van der Waals surface area contributed by atoms with Crippen molar-refractivity contribution in [3.8, 4) is 6.07 Å². The molecule has 0 aromatic rings. The van der Waals surface area contributed by atoms with Gasteiger partial charge in [0.05, 0.1) is 22.7 Å². The Morgan fingerprint density at radius 2 is 1.91 bits per heavy atom. The van der Waals surface area contributed by atoms with Crippen LogP contribution in [0.2, 0.25) is 0 Å². The average molecular weight is 340 g/mol. The second-order valence-electron chi connectivity index (χ2n) is 7.55. The standard InChI is InChI=1S/C16H24N2O4S/c17-10-15(6-2-1-3-7-15)12-23(21,22)18-9-13-5-4-8-16(13,11-18)14(19)20/h13H,1-9,11-12H2,(H,19,20)/t13-,16+/m0/s1. The Morgan fingerprint density at radius 3 is 2.48 bits per heavy atom. The van der Waals surface area contributed by atoms with Gasteiger partial charge in [-0.3, -0.25) is 4.79 Å². The van der Waals surface area contributed by atoms with E-state index in [0.717, 1.165) is 32.1 Å². The van der Waals surface area contributed by atoms with Crippen molar-refractivity contribution in [2.24, 2.45) is 16.7 Å². The van der Waals surface area contributed by atoms with Gasteiger partial charge in [-0.15, -0.1) is 0 Å². The number of nitriles is 1. The third-order valence-corrected chi connectivity index (χ3v) is 8.15. The number of hydrogen-bond donors (Lipinski definition) is 1. The zero-order chi connectivity index (χ0) is 16.7. The minimum absolute atomic E-state index is 0.0802. The van der Waals surface area contributed by atoms with Crippen LogP contribution >= 0.6 is 0 Å². The first-order chi connectivity index (χ1) is 10.8. The van der Waals surface area contributed by atoms with Crippen LogP contribution < -0.4 is 0 Å². The highest BCUT2D eigenvalue weighted by molar-refractivity contribution is 7.89. The Balaban J connectivity index is 1.79. The smallest absolute Gasteiger partial charge is 0.311 e. The molecule has 0 amide bonds. The van der Waals surface area contributed by atoms with Gasteiger partial charge in [0.25, 0.3) is 0 Å². The molecule has 0 bridgehead atoms. The van der Waals surface area contributed by atoms with E-state index in [9.17, 15) is 23.6 Å². The summed E-state index contributed by atoms with van der Waals surface area (Å²) in [5.74, 6) is -1.11. The normalized spacial score (nSPS) is 34.0. The molecule has 0 unspecified atom stereocenters. The van der Waals surface area contributed by atoms with Crippen molar-refractivity contribution in [2.75, 3.05) is 18.8 Å². The van der Waals surface area contributed by atoms with Gasteiger partial charge in [0.2, 0.25) is 10.0 Å². The summed E-state index contributed by atoms with van der Waals surface area (Å²) in [4.78, 5) is 11.7. The zero-order valence-electron chi connectivity index (χ0n) is 13.3. The summed E-state index contributed by atoms with van der Waals surface area (Å²) in [7, 11) is -3.60. The Morgan fingerprint density at radius 1 is 1.22 bits per heavy atom. The van der Waals surface area contributed by atoms with Crippen LogP contribution in [0.25, 0.3) is 0 Å². The number of nitrogens with zero attached hydrogens (tertiary/aromatic N) is 2. The third-order valence-electron chi connectivity index (χ3n) is 6.17. The Kier molecular flexibility index (Phi) is 4.18. The van der Waals surface area contributed by atoms with Crippen LogP contribution in [-0.2, 0) is 14.8 Å². The van der Waals surface area contributed by atoms with Crippen LogP contribution in [0, 0.1) is 28.1 Å². The predicted molar refractivity (Wildman–Crippen MR) is 83.9 cm³/mol. The Bertz CT molecular complexity index is 633. The maximum Gasteiger partial charge on any atom is 0.311 e. The number of carboxylic acids is 1.